The average Bonchev–Trinajstić information content (AvgIpc) is 3.15. The Balaban J connectivity index is 1.45. The number of carbonyl (C=O) groups is 1. The van der Waals surface area contributed by atoms with Crippen LogP contribution in [0.25, 0.3) is 0 Å². The predicted molar refractivity (Wildman–Crippen MR) is 125 cm³/mol. The fourth-order valence-electron chi connectivity index (χ4n) is 3.64. The van der Waals surface area contributed by atoms with Crippen LogP contribution in [0.5, 0.6) is 0 Å². The molecular weight excluding hydrogens is 550 g/mol. The van der Waals surface area contributed by atoms with E-state index in [4.69, 9.17) is 0 Å². The number of aryl methyl sites for hydroxylation is 1. The van der Waals surface area contributed by atoms with Crippen molar-refractivity contribution in [3.63, 3.8) is 0 Å². The summed E-state index contributed by atoms with van der Waals surface area (Å²) in [6.07, 6.45) is 3.38. The second-order valence-corrected chi connectivity index (χ2v) is 9.26. The Hall–Kier alpha value is -2.64. The lowest BCUT2D eigenvalue weighted by molar-refractivity contribution is -0.0787. The normalized spacial score (nSPS) is 14.8. The summed E-state index contributed by atoms with van der Waals surface area (Å²) in [4.78, 5) is 18.3. The van der Waals surface area contributed by atoms with Crippen molar-refractivity contribution in [3.05, 3.63) is 75.1 Å². The van der Waals surface area contributed by atoms with Gasteiger partial charge in [0.15, 0.2) is 11.6 Å². The first-order valence-corrected chi connectivity index (χ1v) is 11.1. The predicted octanol–water partition coefficient (Wildman–Crippen LogP) is 3.16. The van der Waals surface area contributed by atoms with Crippen molar-refractivity contribution in [1.29, 1.82) is 0 Å². The van der Waals surface area contributed by atoms with E-state index in [0.29, 0.717) is 10.1 Å². The molecule has 3 N–H and O–H groups in total. The van der Waals surface area contributed by atoms with Crippen LogP contribution < -0.4 is 10.6 Å². The van der Waals surface area contributed by atoms with Gasteiger partial charge in [0.1, 0.15) is 11.4 Å². The third kappa shape index (κ3) is 4.99. The zero-order valence-electron chi connectivity index (χ0n) is 17.6. The van der Waals surface area contributed by atoms with Gasteiger partial charge in [0.05, 0.1) is 42.0 Å². The topological polar surface area (TPSA) is 82.4 Å². The summed E-state index contributed by atoms with van der Waals surface area (Å²) in [6, 6.07) is 6.20. The van der Waals surface area contributed by atoms with Crippen LogP contribution in [-0.2, 0) is 13.6 Å². The summed E-state index contributed by atoms with van der Waals surface area (Å²) in [5, 5.41) is 16.3. The van der Waals surface area contributed by atoms with E-state index in [1.54, 1.807) is 18.6 Å². The molecule has 0 aliphatic carbocycles. The van der Waals surface area contributed by atoms with Gasteiger partial charge in [0.2, 0.25) is 0 Å². The molecule has 0 radical (unpaired) electrons. The van der Waals surface area contributed by atoms with Crippen molar-refractivity contribution in [3.8, 4) is 0 Å². The lowest BCUT2D eigenvalue weighted by Gasteiger charge is -2.46. The molecule has 0 saturated carbocycles. The number of nitrogens with one attached hydrogen (secondary N) is 2. The summed E-state index contributed by atoms with van der Waals surface area (Å²) in [7, 11) is 1.86. The molecule has 0 atom stereocenters. The number of aliphatic hydroxyl groups is 1. The molecule has 0 bridgehead atoms. The van der Waals surface area contributed by atoms with Crippen LogP contribution in [0.3, 0.4) is 0 Å². The first-order valence-electron chi connectivity index (χ1n) is 10.0. The third-order valence-electron chi connectivity index (χ3n) is 5.45. The van der Waals surface area contributed by atoms with Crippen molar-refractivity contribution in [1.82, 2.24) is 19.8 Å². The van der Waals surface area contributed by atoms with E-state index in [-0.39, 0.29) is 30.9 Å². The molecule has 0 spiro atoms. The van der Waals surface area contributed by atoms with Crippen LogP contribution in [0, 0.1) is 21.0 Å². The number of amides is 1. The van der Waals surface area contributed by atoms with Crippen LogP contribution in [0.15, 0.2) is 42.9 Å². The molecule has 174 valence electrons. The minimum atomic E-state index is -1.28. The number of halogens is 4. The minimum Gasteiger partial charge on any atom is -0.385 e. The summed E-state index contributed by atoms with van der Waals surface area (Å²) < 4.78 is 45.2. The Morgan fingerprint density at radius 1 is 1.21 bits per heavy atom. The van der Waals surface area contributed by atoms with Gasteiger partial charge in [-0.1, -0.05) is 0 Å². The highest BCUT2D eigenvalue weighted by Crippen LogP contribution is 2.31. The van der Waals surface area contributed by atoms with E-state index in [2.05, 4.69) is 15.6 Å². The molecule has 0 unspecified atom stereocenters. The van der Waals surface area contributed by atoms with Crippen molar-refractivity contribution in [2.75, 3.05) is 25.0 Å². The highest BCUT2D eigenvalue weighted by Gasteiger charge is 2.44. The van der Waals surface area contributed by atoms with Gasteiger partial charge in [-0.15, -0.1) is 0 Å². The molecule has 1 fully saturated rings. The van der Waals surface area contributed by atoms with E-state index in [1.165, 1.54) is 17.0 Å². The number of hydrogen-bond acceptors (Lipinski definition) is 5. The summed E-state index contributed by atoms with van der Waals surface area (Å²) in [5.41, 5.74) is -0.913. The molecule has 3 aromatic rings. The summed E-state index contributed by atoms with van der Waals surface area (Å²) in [6.45, 7) is 0.755. The number of aromatic nitrogens is 2. The Labute approximate surface area is 201 Å². The molecule has 7 nitrogen and oxygen atoms in total. The Morgan fingerprint density at radius 2 is 1.97 bits per heavy atom. The van der Waals surface area contributed by atoms with Crippen LogP contribution in [-0.4, -0.2) is 50.7 Å². The van der Waals surface area contributed by atoms with Gasteiger partial charge < -0.3 is 25.2 Å². The second-order valence-electron chi connectivity index (χ2n) is 8.02. The monoisotopic (exact) mass is 571 g/mol. The maximum atomic E-state index is 14.6. The van der Waals surface area contributed by atoms with Crippen molar-refractivity contribution in [2.45, 2.75) is 12.1 Å². The lowest BCUT2D eigenvalue weighted by Crippen LogP contribution is -2.67. The molecular formula is C22H21F3IN5O2. The highest BCUT2D eigenvalue weighted by atomic mass is 127. The van der Waals surface area contributed by atoms with Gasteiger partial charge in [-0.2, -0.15) is 0 Å². The fourth-order valence-corrected chi connectivity index (χ4v) is 4.10. The molecule has 33 heavy (non-hydrogen) atoms. The van der Waals surface area contributed by atoms with Gasteiger partial charge in [-0.3, -0.25) is 4.79 Å². The van der Waals surface area contributed by atoms with E-state index in [9.17, 15) is 23.1 Å². The summed E-state index contributed by atoms with van der Waals surface area (Å²) >= 11 is 1.92. The molecule has 2 aromatic carbocycles. The van der Waals surface area contributed by atoms with E-state index in [1.807, 2.05) is 34.2 Å². The van der Waals surface area contributed by atoms with Crippen molar-refractivity contribution < 1.29 is 23.1 Å². The van der Waals surface area contributed by atoms with Crippen molar-refractivity contribution >= 4 is 39.9 Å². The highest BCUT2D eigenvalue weighted by molar-refractivity contribution is 14.1. The molecule has 4 rings (SSSR count). The van der Waals surface area contributed by atoms with E-state index in [0.717, 1.165) is 17.8 Å². The Morgan fingerprint density at radius 3 is 2.64 bits per heavy atom. The van der Waals surface area contributed by atoms with Gasteiger partial charge in [0.25, 0.3) is 5.91 Å². The van der Waals surface area contributed by atoms with E-state index < -0.39 is 34.6 Å². The molecule has 11 heteroatoms. The van der Waals surface area contributed by atoms with Crippen molar-refractivity contribution in [2.24, 2.45) is 7.05 Å². The number of imidazole rings is 1. The maximum absolute atomic E-state index is 14.6. The van der Waals surface area contributed by atoms with E-state index >= 15 is 0 Å². The summed E-state index contributed by atoms with van der Waals surface area (Å²) in [5.74, 6) is -3.72. The number of likely N-dealkylation sites (tertiary alicyclic amines) is 1. The first-order chi connectivity index (χ1) is 15.7. The number of anilines is 2. The van der Waals surface area contributed by atoms with Crippen LogP contribution in [0.2, 0.25) is 0 Å². The number of carbonyl (C=O) groups excluding carboxylic acids is 1. The Kier molecular flexibility index (Phi) is 6.64. The van der Waals surface area contributed by atoms with Crippen LogP contribution in [0.1, 0.15) is 16.1 Å². The number of rotatable bonds is 7. The average molecular weight is 571 g/mol. The smallest absolute Gasteiger partial charge is 0.256 e. The fraction of sp³-hybridized carbons (Fsp3) is 0.273. The second kappa shape index (κ2) is 9.31. The quantitative estimate of drug-likeness (QED) is 0.380. The number of nitrogens with zero attached hydrogens (tertiary/aromatic N) is 3. The first kappa shape index (κ1) is 23.5. The molecule has 1 amide bonds. The SMILES string of the molecule is Cn1cncc1CNCC1(O)CN(C(=O)c2ccc(F)c(F)c2Nc2ccc(I)cc2F)C1. The van der Waals surface area contributed by atoms with Gasteiger partial charge >= 0.3 is 0 Å². The molecule has 2 heterocycles. The standard InChI is InChI=1S/C22H21F3IN5O2/c1-30-12-28-8-14(30)7-27-9-22(33)10-31(11-22)21(32)15-3-4-16(23)19(25)20(15)29-18-5-2-13(26)6-17(18)24/h2-6,8,12,27,29,33H,7,9-11H2,1H3. The zero-order valence-corrected chi connectivity index (χ0v) is 19.7. The van der Waals surface area contributed by atoms with Gasteiger partial charge in [-0.05, 0) is 52.9 Å². The maximum Gasteiger partial charge on any atom is 0.256 e. The van der Waals surface area contributed by atoms with Gasteiger partial charge in [-0.25, -0.2) is 18.2 Å². The van der Waals surface area contributed by atoms with Crippen LogP contribution >= 0.6 is 22.6 Å². The number of benzene rings is 2. The lowest BCUT2D eigenvalue weighted by atomic mass is 9.92. The minimum absolute atomic E-state index is 0.0144. The molecule has 1 aliphatic heterocycles. The third-order valence-corrected chi connectivity index (χ3v) is 6.12. The van der Waals surface area contributed by atoms with Crippen LogP contribution in [0.4, 0.5) is 24.5 Å². The largest absolute Gasteiger partial charge is 0.385 e. The number of hydrogen-bond donors (Lipinski definition) is 3. The zero-order chi connectivity index (χ0) is 23.8. The van der Waals surface area contributed by atoms with Gasteiger partial charge in [0, 0.05) is 29.9 Å². The molecule has 1 saturated heterocycles. The molecule has 1 aromatic heterocycles. The Bertz CT molecular complexity index is 1200. The number of β-amino-alcohol motifs (C(OH)–C–C–N with tert-alkyl or cyclic N) is 1. The molecule has 1 aliphatic rings.